The molecule has 0 amide bonds. The fourth-order valence-corrected chi connectivity index (χ4v) is 7.10. The van der Waals surface area contributed by atoms with Crippen LogP contribution in [0.3, 0.4) is 0 Å². The van der Waals surface area contributed by atoms with Crippen molar-refractivity contribution < 1.29 is 22.6 Å². The summed E-state index contributed by atoms with van der Waals surface area (Å²) >= 11 is 0. The van der Waals surface area contributed by atoms with Crippen LogP contribution in [-0.2, 0) is 10.0 Å². The van der Waals surface area contributed by atoms with Gasteiger partial charge in [0.1, 0.15) is 5.75 Å². The molecular formula is C29H42N2O5S. The van der Waals surface area contributed by atoms with Gasteiger partial charge in [0.25, 0.3) is 0 Å². The van der Waals surface area contributed by atoms with E-state index in [0.29, 0.717) is 25.6 Å². The van der Waals surface area contributed by atoms with Gasteiger partial charge in [0.2, 0.25) is 16.8 Å². The molecule has 7 nitrogen and oxygen atoms in total. The molecule has 0 saturated carbocycles. The average Bonchev–Trinajstić information content (AvgIpc) is 3.56. The summed E-state index contributed by atoms with van der Waals surface area (Å²) < 4.78 is 44.6. The zero-order valence-corrected chi connectivity index (χ0v) is 23.3. The van der Waals surface area contributed by atoms with Gasteiger partial charge in [-0.25, -0.2) is 12.7 Å². The molecule has 0 radical (unpaired) electrons. The van der Waals surface area contributed by atoms with Crippen LogP contribution in [0, 0.1) is 0 Å². The number of rotatable bonds is 14. The van der Waals surface area contributed by atoms with Crippen molar-refractivity contribution in [2.45, 2.75) is 64.3 Å². The summed E-state index contributed by atoms with van der Waals surface area (Å²) in [5.74, 6) is 3.01. The number of ether oxygens (including phenoxy) is 3. The van der Waals surface area contributed by atoms with E-state index in [4.69, 9.17) is 14.2 Å². The van der Waals surface area contributed by atoms with E-state index in [0.717, 1.165) is 62.3 Å². The van der Waals surface area contributed by atoms with Crippen molar-refractivity contribution in [3.8, 4) is 17.2 Å². The minimum Gasteiger partial charge on any atom is -0.497 e. The zero-order chi connectivity index (χ0) is 26.3. The van der Waals surface area contributed by atoms with Crippen LogP contribution in [-0.4, -0.2) is 63.5 Å². The Labute approximate surface area is 222 Å². The van der Waals surface area contributed by atoms with Gasteiger partial charge in [-0.15, -0.1) is 0 Å². The molecule has 2 aliphatic heterocycles. The van der Waals surface area contributed by atoms with Crippen molar-refractivity contribution in [3.63, 3.8) is 0 Å². The van der Waals surface area contributed by atoms with Gasteiger partial charge in [-0.3, -0.25) is 4.90 Å². The molecule has 0 spiro atoms. The van der Waals surface area contributed by atoms with Gasteiger partial charge >= 0.3 is 0 Å². The predicted octanol–water partition coefficient (Wildman–Crippen LogP) is 5.58. The highest BCUT2D eigenvalue weighted by Gasteiger charge is 2.35. The van der Waals surface area contributed by atoms with Crippen molar-refractivity contribution >= 4 is 10.0 Å². The van der Waals surface area contributed by atoms with E-state index in [-0.39, 0.29) is 18.6 Å². The molecule has 1 fully saturated rings. The van der Waals surface area contributed by atoms with Crippen LogP contribution in [0.15, 0.2) is 42.5 Å². The van der Waals surface area contributed by atoms with E-state index < -0.39 is 10.0 Å². The van der Waals surface area contributed by atoms with Crippen LogP contribution in [0.1, 0.15) is 75.5 Å². The Bertz CT molecular complexity index is 1110. The van der Waals surface area contributed by atoms with Gasteiger partial charge in [-0.2, -0.15) is 0 Å². The lowest BCUT2D eigenvalue weighted by atomic mass is 9.93. The molecule has 0 N–H and O–H groups in total. The standard InChI is InChI=1S/C29H42N2O5S/c1-4-6-7-8-18-37(32,33)31(15-5-2)17-16-30-21-25(24-11-14-28-29(20-24)36-22-35-28)19-27(30)23-9-12-26(34-3)13-10-23/h9-14,20,25,27H,4-8,15-19,21-22H2,1-3H3/t25-,27+/m0/s1. The van der Waals surface area contributed by atoms with Gasteiger partial charge in [0.05, 0.1) is 12.9 Å². The summed E-state index contributed by atoms with van der Waals surface area (Å²) in [6.45, 7) is 7.12. The maximum absolute atomic E-state index is 13.2. The largest absolute Gasteiger partial charge is 0.497 e. The van der Waals surface area contributed by atoms with Crippen LogP contribution in [0.5, 0.6) is 17.2 Å². The average molecular weight is 531 g/mol. The smallest absolute Gasteiger partial charge is 0.231 e. The van der Waals surface area contributed by atoms with Crippen LogP contribution in [0.4, 0.5) is 0 Å². The van der Waals surface area contributed by atoms with Gasteiger partial charge in [0.15, 0.2) is 11.5 Å². The van der Waals surface area contributed by atoms with Gasteiger partial charge in [-0.1, -0.05) is 51.3 Å². The Hall–Kier alpha value is -2.29. The molecule has 204 valence electrons. The number of nitrogens with zero attached hydrogens (tertiary/aromatic N) is 2. The third-order valence-electron chi connectivity index (χ3n) is 7.53. The van der Waals surface area contributed by atoms with E-state index in [1.165, 1.54) is 11.1 Å². The molecule has 2 aromatic rings. The fraction of sp³-hybridized carbons (Fsp3) is 0.586. The highest BCUT2D eigenvalue weighted by molar-refractivity contribution is 7.89. The lowest BCUT2D eigenvalue weighted by Crippen LogP contribution is -2.40. The second-order valence-corrected chi connectivity index (χ2v) is 12.2. The molecular weight excluding hydrogens is 488 g/mol. The van der Waals surface area contributed by atoms with Crippen molar-refractivity contribution in [1.82, 2.24) is 9.21 Å². The first-order valence-electron chi connectivity index (χ1n) is 13.7. The Morgan fingerprint density at radius 1 is 0.946 bits per heavy atom. The Morgan fingerprint density at radius 3 is 2.43 bits per heavy atom. The molecule has 0 aliphatic carbocycles. The first kappa shape index (κ1) is 27.7. The Morgan fingerprint density at radius 2 is 1.70 bits per heavy atom. The van der Waals surface area contributed by atoms with E-state index in [9.17, 15) is 8.42 Å². The van der Waals surface area contributed by atoms with Crippen LogP contribution >= 0.6 is 0 Å². The lowest BCUT2D eigenvalue weighted by Gasteiger charge is -2.28. The number of hydrogen-bond donors (Lipinski definition) is 0. The van der Waals surface area contributed by atoms with E-state index in [2.05, 4.69) is 36.1 Å². The number of hydrogen-bond acceptors (Lipinski definition) is 6. The normalized spacial score (nSPS) is 19.6. The van der Waals surface area contributed by atoms with Crippen molar-refractivity contribution in [1.29, 1.82) is 0 Å². The number of fused-ring (bicyclic) bond motifs is 1. The quantitative estimate of drug-likeness (QED) is 0.297. The molecule has 0 bridgehead atoms. The third kappa shape index (κ3) is 6.98. The van der Waals surface area contributed by atoms with Crippen molar-refractivity contribution in [3.05, 3.63) is 53.6 Å². The summed E-state index contributed by atoms with van der Waals surface area (Å²) in [5, 5.41) is 0. The van der Waals surface area contributed by atoms with Gasteiger partial charge in [-0.05, 0) is 60.6 Å². The molecule has 2 aliphatic rings. The van der Waals surface area contributed by atoms with Crippen LogP contribution < -0.4 is 14.2 Å². The van der Waals surface area contributed by atoms with Gasteiger partial charge < -0.3 is 14.2 Å². The summed E-state index contributed by atoms with van der Waals surface area (Å²) in [6, 6.07) is 14.7. The van der Waals surface area contributed by atoms with Crippen molar-refractivity contribution in [2.75, 3.05) is 45.8 Å². The number of benzene rings is 2. The molecule has 4 rings (SSSR count). The highest BCUT2D eigenvalue weighted by Crippen LogP contribution is 2.43. The van der Waals surface area contributed by atoms with Crippen LogP contribution in [0.2, 0.25) is 0 Å². The first-order valence-corrected chi connectivity index (χ1v) is 15.3. The van der Waals surface area contributed by atoms with Gasteiger partial charge in [0, 0.05) is 32.2 Å². The number of unbranched alkanes of at least 4 members (excludes halogenated alkanes) is 3. The molecule has 8 heteroatoms. The highest BCUT2D eigenvalue weighted by atomic mass is 32.2. The maximum Gasteiger partial charge on any atom is 0.231 e. The SMILES string of the molecule is CCCCCCS(=O)(=O)N(CCC)CCN1C[C@@H](c2ccc3c(c2)OCO3)C[C@@H]1c1ccc(OC)cc1. The van der Waals surface area contributed by atoms with Crippen LogP contribution in [0.25, 0.3) is 0 Å². The third-order valence-corrected chi connectivity index (χ3v) is 9.49. The first-order chi connectivity index (χ1) is 17.9. The lowest BCUT2D eigenvalue weighted by molar-refractivity contribution is 0.174. The fourth-order valence-electron chi connectivity index (χ4n) is 5.45. The molecule has 2 aromatic carbocycles. The topological polar surface area (TPSA) is 68.3 Å². The van der Waals surface area contributed by atoms with E-state index in [1.807, 2.05) is 25.1 Å². The second kappa shape index (κ2) is 13.0. The number of likely N-dealkylation sites (tertiary alicyclic amines) is 1. The molecule has 2 atom stereocenters. The Kier molecular flexibility index (Phi) is 9.73. The summed E-state index contributed by atoms with van der Waals surface area (Å²) in [5.41, 5.74) is 2.47. The summed E-state index contributed by atoms with van der Waals surface area (Å²) in [6.07, 6.45) is 5.67. The van der Waals surface area contributed by atoms with E-state index in [1.54, 1.807) is 11.4 Å². The Balaban J connectivity index is 1.50. The molecule has 1 saturated heterocycles. The predicted molar refractivity (Wildman–Crippen MR) is 147 cm³/mol. The minimum atomic E-state index is -3.26. The molecule has 2 heterocycles. The van der Waals surface area contributed by atoms with Crippen molar-refractivity contribution in [2.24, 2.45) is 0 Å². The monoisotopic (exact) mass is 530 g/mol. The summed E-state index contributed by atoms with van der Waals surface area (Å²) in [4.78, 5) is 2.45. The molecule has 0 aromatic heterocycles. The number of methoxy groups -OCH3 is 1. The number of sulfonamides is 1. The molecule has 0 unspecified atom stereocenters. The zero-order valence-electron chi connectivity index (χ0n) is 22.5. The minimum absolute atomic E-state index is 0.206. The van der Waals surface area contributed by atoms with E-state index >= 15 is 0 Å². The molecule has 37 heavy (non-hydrogen) atoms. The second-order valence-electron chi connectivity index (χ2n) is 10.1. The summed E-state index contributed by atoms with van der Waals surface area (Å²) in [7, 11) is -1.58. The maximum atomic E-state index is 13.2.